The summed E-state index contributed by atoms with van der Waals surface area (Å²) in [5, 5.41) is 13.6. The Balaban J connectivity index is 0.00000351. The Bertz CT molecular complexity index is 2010. The Morgan fingerprint density at radius 3 is 0.851 bits per heavy atom. The zero-order valence-electron chi connectivity index (χ0n) is 25.8. The van der Waals surface area contributed by atoms with Crippen LogP contribution in [0.15, 0.2) is 194 Å². The van der Waals surface area contributed by atoms with Crippen molar-refractivity contribution in [1.82, 2.24) is 0 Å². The summed E-state index contributed by atoms with van der Waals surface area (Å²) in [6.07, 6.45) is 0. The van der Waals surface area contributed by atoms with Crippen LogP contribution in [0.4, 0.5) is 0 Å². The van der Waals surface area contributed by atoms with Crippen molar-refractivity contribution in [2.24, 2.45) is 0 Å². The largest absolute Gasteiger partial charge is 1.00 e. The van der Waals surface area contributed by atoms with E-state index in [0.29, 0.717) is 0 Å². The molecular weight excluding hydrogens is 698 g/mol. The molecule has 0 spiro atoms. The molecule has 0 saturated heterocycles. The molecule has 0 radical (unpaired) electrons. The van der Waals surface area contributed by atoms with E-state index in [-0.39, 0.29) is 22.4 Å². The van der Waals surface area contributed by atoms with Gasteiger partial charge in [-0.05, 0) is 82.2 Å². The average molecular weight is 733 g/mol. The van der Waals surface area contributed by atoms with E-state index in [0.717, 1.165) is 0 Å². The predicted octanol–water partition coefficient (Wildman–Crippen LogP) is 8.64. The van der Waals surface area contributed by atoms with Crippen molar-refractivity contribution in [1.29, 1.82) is 0 Å². The van der Waals surface area contributed by atoms with Crippen molar-refractivity contribution in [2.75, 3.05) is 0 Å². The van der Waals surface area contributed by atoms with E-state index in [1.807, 2.05) is 0 Å². The van der Waals surface area contributed by atoms with Crippen molar-refractivity contribution >= 4 is 69.2 Å². The molecule has 3 heteroatoms. The molecule has 0 heterocycles. The molecule has 0 unspecified atom stereocenters. The minimum atomic E-state index is -1.37. The van der Waals surface area contributed by atoms with Crippen LogP contribution < -0.4 is 31.8 Å². The standard InChI is InChI=1S/C44H32P2.Ag/c1-5-19-35(20-6-1)45(36-21-7-2-8-22-36)41-31-29-33-17-13-15-27-39(33)43(41)44-40-28-16-14-18-34(40)30-32-42(44)46(37-23-9-3-10-24-37)38-25-11-4-12-26-38;/h1-32H;/q;+1/p+2. The van der Waals surface area contributed by atoms with Crippen LogP contribution in [0, 0.1) is 0 Å². The molecule has 8 aromatic rings. The molecule has 0 amide bonds. The molecular formula is C44H34AgP2+3. The molecule has 0 aromatic heterocycles. The molecule has 0 bridgehead atoms. The Morgan fingerprint density at radius 1 is 0.255 bits per heavy atom. The van der Waals surface area contributed by atoms with Gasteiger partial charge in [0.2, 0.25) is 0 Å². The fourth-order valence-electron chi connectivity index (χ4n) is 6.87. The quantitative estimate of drug-likeness (QED) is 0.114. The molecule has 228 valence electrons. The normalized spacial score (nSPS) is 11.2. The van der Waals surface area contributed by atoms with E-state index in [9.17, 15) is 0 Å². The third-order valence-corrected chi connectivity index (χ3v) is 14.4. The first kappa shape index (κ1) is 31.5. The van der Waals surface area contributed by atoms with E-state index < -0.39 is 15.8 Å². The van der Waals surface area contributed by atoms with Gasteiger partial charge >= 0.3 is 22.4 Å². The molecule has 0 aliphatic heterocycles. The van der Waals surface area contributed by atoms with Crippen LogP contribution in [-0.2, 0) is 22.4 Å². The summed E-state index contributed by atoms with van der Waals surface area (Å²) in [5.41, 5.74) is 2.75. The molecule has 0 aliphatic rings. The summed E-state index contributed by atoms with van der Waals surface area (Å²) < 4.78 is 0. The van der Waals surface area contributed by atoms with Gasteiger partial charge in [0, 0.05) is 11.1 Å². The summed E-state index contributed by atoms with van der Waals surface area (Å²) in [4.78, 5) is 0. The van der Waals surface area contributed by atoms with E-state index >= 15 is 0 Å². The minimum Gasteiger partial charge on any atom is -0.0620 e. The van der Waals surface area contributed by atoms with E-state index in [1.165, 1.54) is 64.5 Å². The van der Waals surface area contributed by atoms with Crippen molar-refractivity contribution in [2.45, 2.75) is 0 Å². The van der Waals surface area contributed by atoms with Gasteiger partial charge in [-0.2, -0.15) is 0 Å². The van der Waals surface area contributed by atoms with Gasteiger partial charge in [-0.1, -0.05) is 133 Å². The summed E-state index contributed by atoms with van der Waals surface area (Å²) in [7, 11) is -2.74. The van der Waals surface area contributed by atoms with Crippen LogP contribution in [0.25, 0.3) is 32.7 Å². The van der Waals surface area contributed by atoms with Crippen LogP contribution >= 0.6 is 15.8 Å². The first-order chi connectivity index (χ1) is 22.9. The topological polar surface area (TPSA) is 0 Å². The van der Waals surface area contributed by atoms with E-state index in [1.54, 1.807) is 0 Å². The maximum Gasteiger partial charge on any atom is 1.00 e. The van der Waals surface area contributed by atoms with Crippen molar-refractivity contribution in [3.8, 4) is 11.1 Å². The summed E-state index contributed by atoms with van der Waals surface area (Å²) in [5.74, 6) is 0. The van der Waals surface area contributed by atoms with Gasteiger partial charge in [0.05, 0.1) is 15.8 Å². The summed E-state index contributed by atoms with van der Waals surface area (Å²) >= 11 is 0. The van der Waals surface area contributed by atoms with Gasteiger partial charge < -0.3 is 0 Å². The van der Waals surface area contributed by atoms with E-state index in [4.69, 9.17) is 0 Å². The number of benzene rings is 8. The Labute approximate surface area is 295 Å². The van der Waals surface area contributed by atoms with Crippen molar-refractivity contribution in [3.05, 3.63) is 194 Å². The second kappa shape index (κ2) is 14.3. The predicted molar refractivity (Wildman–Crippen MR) is 207 cm³/mol. The average Bonchev–Trinajstić information content (AvgIpc) is 3.14. The van der Waals surface area contributed by atoms with Crippen LogP contribution in [0.2, 0.25) is 0 Å². The maximum atomic E-state index is 2.44. The van der Waals surface area contributed by atoms with Gasteiger partial charge in [-0.15, -0.1) is 0 Å². The number of hydrogen-bond donors (Lipinski definition) is 0. The van der Waals surface area contributed by atoms with Crippen molar-refractivity contribution in [3.63, 3.8) is 0 Å². The summed E-state index contributed by atoms with van der Waals surface area (Å²) in [6, 6.07) is 72.2. The Kier molecular flexibility index (Phi) is 9.60. The van der Waals surface area contributed by atoms with Crippen LogP contribution in [0.1, 0.15) is 0 Å². The van der Waals surface area contributed by atoms with Crippen LogP contribution in [0.3, 0.4) is 0 Å². The minimum absolute atomic E-state index is 0. The molecule has 0 fully saturated rings. The third kappa shape index (κ3) is 6.17. The van der Waals surface area contributed by atoms with Crippen LogP contribution in [0.5, 0.6) is 0 Å². The fraction of sp³-hybridized carbons (Fsp3) is 0. The maximum absolute atomic E-state index is 2.44. The molecule has 0 aliphatic carbocycles. The molecule has 0 atom stereocenters. The number of rotatable bonds is 7. The molecule has 0 nitrogen and oxygen atoms in total. The monoisotopic (exact) mass is 731 g/mol. The van der Waals surface area contributed by atoms with Gasteiger partial charge in [-0.3, -0.25) is 0 Å². The van der Waals surface area contributed by atoms with Crippen molar-refractivity contribution < 1.29 is 22.4 Å². The second-order valence-corrected chi connectivity index (χ2v) is 16.5. The molecule has 8 aromatic carbocycles. The number of fused-ring (bicyclic) bond motifs is 2. The zero-order chi connectivity index (χ0) is 30.7. The smallest absolute Gasteiger partial charge is 0.0620 e. The Hall–Kier alpha value is -4.12. The van der Waals surface area contributed by atoms with Gasteiger partial charge in [0.15, 0.2) is 0 Å². The SMILES string of the molecule is [Ag+].c1ccc([PH+](c2ccccc2)c2ccc3ccccc3c2-c2c([PH+](c3ccccc3)c3ccccc3)ccc3ccccc23)cc1. The fourth-order valence-corrected chi connectivity index (χ4v) is 12.4. The van der Waals surface area contributed by atoms with Gasteiger partial charge in [0.25, 0.3) is 0 Å². The molecule has 0 N–H and O–H groups in total. The van der Waals surface area contributed by atoms with Crippen LogP contribution in [-0.4, -0.2) is 0 Å². The zero-order valence-corrected chi connectivity index (χ0v) is 29.3. The Morgan fingerprint density at radius 2 is 0.532 bits per heavy atom. The molecule has 8 rings (SSSR count). The van der Waals surface area contributed by atoms with E-state index in [2.05, 4.69) is 194 Å². The van der Waals surface area contributed by atoms with Gasteiger partial charge in [0.1, 0.15) is 31.8 Å². The summed E-state index contributed by atoms with van der Waals surface area (Å²) in [6.45, 7) is 0. The first-order valence-electron chi connectivity index (χ1n) is 15.9. The third-order valence-electron chi connectivity index (χ3n) is 8.90. The first-order valence-corrected chi connectivity index (χ1v) is 18.9. The van der Waals surface area contributed by atoms with Gasteiger partial charge in [-0.25, -0.2) is 0 Å². The second-order valence-electron chi connectivity index (χ2n) is 11.6. The number of hydrogen-bond acceptors (Lipinski definition) is 0. The molecule has 47 heavy (non-hydrogen) atoms. The molecule has 0 saturated carbocycles.